The summed E-state index contributed by atoms with van der Waals surface area (Å²) in [6, 6.07) is 2.00. The van der Waals surface area contributed by atoms with Crippen molar-refractivity contribution in [3.05, 3.63) is 35.8 Å². The van der Waals surface area contributed by atoms with Crippen LogP contribution in [0.3, 0.4) is 0 Å². The fraction of sp³-hybridized carbons (Fsp3) is 0.750. The van der Waals surface area contributed by atoms with Crippen LogP contribution in [0, 0.1) is 22.7 Å². The quantitative estimate of drug-likeness (QED) is 0.299. The Morgan fingerprint density at radius 3 is 2.59 bits per heavy atom. The molecule has 10 unspecified atom stereocenters. The van der Waals surface area contributed by atoms with Crippen molar-refractivity contribution < 1.29 is 43.8 Å². The van der Waals surface area contributed by atoms with Crippen LogP contribution >= 0.6 is 0 Å². The Bertz CT molecular complexity index is 945. The first-order valence-corrected chi connectivity index (χ1v) is 13.3. The third kappa shape index (κ3) is 5.27. The van der Waals surface area contributed by atoms with E-state index in [9.17, 15) is 25.2 Å². The van der Waals surface area contributed by atoms with Gasteiger partial charge in [-0.05, 0) is 66.6 Å². The van der Waals surface area contributed by atoms with Gasteiger partial charge in [0.2, 0.25) is 0 Å². The Morgan fingerprint density at radius 2 is 1.95 bits per heavy atom. The van der Waals surface area contributed by atoms with Gasteiger partial charge in [-0.25, -0.2) is 0 Å². The van der Waals surface area contributed by atoms with E-state index in [2.05, 4.69) is 26.8 Å². The number of furan rings is 1. The van der Waals surface area contributed by atoms with Gasteiger partial charge >= 0.3 is 5.97 Å². The van der Waals surface area contributed by atoms with Gasteiger partial charge < -0.3 is 39.1 Å². The van der Waals surface area contributed by atoms with Gasteiger partial charge in [-0.1, -0.05) is 26.8 Å². The Balaban J connectivity index is 1.60. The summed E-state index contributed by atoms with van der Waals surface area (Å²) in [6.07, 6.45) is 2.76. The van der Waals surface area contributed by atoms with Crippen molar-refractivity contribution in [3.63, 3.8) is 0 Å². The number of hydrogen-bond donors (Lipinski definition) is 4. The van der Waals surface area contributed by atoms with Gasteiger partial charge in [-0.2, -0.15) is 0 Å². The molecule has 2 fully saturated rings. The molecule has 1 aromatic heterocycles. The molecule has 2 heterocycles. The number of ether oxygens (including phenoxy) is 3. The van der Waals surface area contributed by atoms with Gasteiger partial charge in [0.1, 0.15) is 31.0 Å². The van der Waals surface area contributed by atoms with Crippen LogP contribution in [0.2, 0.25) is 0 Å². The molecule has 3 aliphatic rings. The van der Waals surface area contributed by atoms with Crippen LogP contribution in [-0.4, -0.2) is 76.4 Å². The summed E-state index contributed by atoms with van der Waals surface area (Å²) in [5, 5.41) is 42.0. The van der Waals surface area contributed by atoms with E-state index in [1.807, 2.05) is 6.07 Å². The lowest BCUT2D eigenvalue weighted by molar-refractivity contribution is -0.328. The molecule has 2 aliphatic carbocycles. The zero-order chi connectivity index (χ0) is 27.0. The third-order valence-electron chi connectivity index (χ3n) is 9.54. The van der Waals surface area contributed by atoms with Crippen molar-refractivity contribution >= 4 is 5.97 Å². The lowest BCUT2D eigenvalue weighted by Gasteiger charge is -2.61. The number of aryl methyl sites for hydroxylation is 1. The molecule has 10 atom stereocenters. The summed E-state index contributed by atoms with van der Waals surface area (Å²) in [5.41, 5.74) is 1.50. The summed E-state index contributed by atoms with van der Waals surface area (Å²) in [5.74, 6) is -0.0884. The molecule has 0 bridgehead atoms. The van der Waals surface area contributed by atoms with Crippen molar-refractivity contribution in [3.8, 4) is 0 Å². The minimum absolute atomic E-state index is 0.0415. The Morgan fingerprint density at radius 1 is 1.19 bits per heavy atom. The maximum absolute atomic E-state index is 11.3. The van der Waals surface area contributed by atoms with E-state index in [4.69, 9.17) is 18.6 Å². The van der Waals surface area contributed by atoms with Crippen LogP contribution in [0.15, 0.2) is 34.7 Å². The lowest BCUT2D eigenvalue weighted by atomic mass is 9.45. The fourth-order valence-corrected chi connectivity index (χ4v) is 7.02. The summed E-state index contributed by atoms with van der Waals surface area (Å²) in [4.78, 5) is 11.3. The second-order valence-electron chi connectivity index (χ2n) is 11.5. The normalized spacial score (nSPS) is 42.1. The van der Waals surface area contributed by atoms with Gasteiger partial charge in [0.05, 0.1) is 25.2 Å². The molecule has 4 rings (SSSR count). The molecular formula is C28H42O9. The van der Waals surface area contributed by atoms with Gasteiger partial charge in [-0.3, -0.25) is 4.79 Å². The minimum Gasteiger partial charge on any atom is -0.472 e. The molecule has 0 aromatic carbocycles. The van der Waals surface area contributed by atoms with Gasteiger partial charge in [0.15, 0.2) is 6.29 Å². The van der Waals surface area contributed by atoms with E-state index >= 15 is 0 Å². The number of carbonyl (C=O) groups excluding carboxylic acids is 1. The van der Waals surface area contributed by atoms with E-state index in [1.54, 1.807) is 12.5 Å². The van der Waals surface area contributed by atoms with Gasteiger partial charge in [-0.15, -0.1) is 0 Å². The van der Waals surface area contributed by atoms with Crippen molar-refractivity contribution in [2.75, 3.05) is 13.2 Å². The van der Waals surface area contributed by atoms with Crippen molar-refractivity contribution in [1.29, 1.82) is 0 Å². The number of hydrogen-bond acceptors (Lipinski definition) is 9. The Labute approximate surface area is 218 Å². The summed E-state index contributed by atoms with van der Waals surface area (Å²) < 4.78 is 22.6. The first-order chi connectivity index (χ1) is 17.5. The van der Waals surface area contributed by atoms with Crippen LogP contribution in [0.1, 0.15) is 58.9 Å². The molecule has 4 N–H and O–H groups in total. The van der Waals surface area contributed by atoms with E-state index in [0.717, 1.165) is 36.8 Å². The smallest absolute Gasteiger partial charge is 0.302 e. The van der Waals surface area contributed by atoms with Gasteiger partial charge in [0.25, 0.3) is 0 Å². The molecule has 1 saturated heterocycles. The molecule has 37 heavy (non-hydrogen) atoms. The summed E-state index contributed by atoms with van der Waals surface area (Å²) in [6.45, 7) is 7.57. The van der Waals surface area contributed by atoms with Crippen LogP contribution < -0.4 is 0 Å². The molecule has 1 aromatic rings. The van der Waals surface area contributed by atoms with Crippen LogP contribution in [-0.2, 0) is 25.4 Å². The molecule has 0 amide bonds. The van der Waals surface area contributed by atoms with E-state index in [1.165, 1.54) is 6.92 Å². The number of rotatable bonds is 8. The Hall–Kier alpha value is -1.75. The number of carbonyl (C=O) groups is 1. The molecule has 9 heteroatoms. The molecule has 208 valence electrons. The van der Waals surface area contributed by atoms with Crippen molar-refractivity contribution in [2.24, 2.45) is 22.7 Å². The maximum Gasteiger partial charge on any atom is 0.302 e. The van der Waals surface area contributed by atoms with E-state index in [-0.39, 0.29) is 30.5 Å². The highest BCUT2D eigenvalue weighted by molar-refractivity contribution is 5.65. The standard InChI is InChI=1S/C28H42O9/c1-16-12-22(37-26-25(33)24(32)23(31)20(36-26)15-35-17(2)30)28(4)19(13-29)6-5-7-21(28)27(16,3)10-8-18-9-11-34-14-18/h6,9,11,14,16,20-26,29,31-33H,5,7-8,10,12-13,15H2,1-4H3. The van der Waals surface area contributed by atoms with E-state index in [0.29, 0.717) is 6.42 Å². The third-order valence-corrected chi connectivity index (χ3v) is 9.54. The number of fused-ring (bicyclic) bond motifs is 1. The highest BCUT2D eigenvalue weighted by Gasteiger charge is 2.60. The first-order valence-electron chi connectivity index (χ1n) is 13.3. The molecule has 1 aliphatic heterocycles. The molecule has 1 saturated carbocycles. The van der Waals surface area contributed by atoms with Crippen molar-refractivity contribution in [1.82, 2.24) is 0 Å². The minimum atomic E-state index is -1.52. The largest absolute Gasteiger partial charge is 0.472 e. The van der Waals surface area contributed by atoms with E-state index < -0.39 is 48.2 Å². The monoisotopic (exact) mass is 522 g/mol. The number of aliphatic hydroxyl groups is 4. The molecule has 0 spiro atoms. The number of esters is 1. The second-order valence-corrected chi connectivity index (χ2v) is 11.5. The fourth-order valence-electron chi connectivity index (χ4n) is 7.02. The topological polar surface area (TPSA) is 139 Å². The lowest BCUT2D eigenvalue weighted by Crippen LogP contribution is -2.63. The highest BCUT2D eigenvalue weighted by atomic mass is 16.7. The number of allylic oxidation sites excluding steroid dienone is 1. The van der Waals surface area contributed by atoms with Gasteiger partial charge in [0, 0.05) is 12.3 Å². The second kappa shape index (κ2) is 11.2. The SMILES string of the molecule is CC(=O)OCC1OC(OC2CC(C)C(C)(CCc3ccoc3)C3CCC=C(CO)C23C)C(O)C(O)C1O. The Kier molecular flexibility index (Phi) is 8.52. The predicted octanol–water partition coefficient (Wildman–Crippen LogP) is 2.35. The zero-order valence-corrected chi connectivity index (χ0v) is 22.2. The summed E-state index contributed by atoms with van der Waals surface area (Å²) >= 11 is 0. The molecular weight excluding hydrogens is 480 g/mol. The zero-order valence-electron chi connectivity index (χ0n) is 22.2. The van der Waals surface area contributed by atoms with Crippen LogP contribution in [0.5, 0.6) is 0 Å². The van der Waals surface area contributed by atoms with Crippen molar-refractivity contribution in [2.45, 2.75) is 96.6 Å². The predicted molar refractivity (Wildman–Crippen MR) is 133 cm³/mol. The van der Waals surface area contributed by atoms with Crippen LogP contribution in [0.4, 0.5) is 0 Å². The maximum atomic E-state index is 11.3. The summed E-state index contributed by atoms with van der Waals surface area (Å²) in [7, 11) is 0. The average molecular weight is 523 g/mol. The first kappa shape index (κ1) is 28.3. The molecule has 9 nitrogen and oxygen atoms in total. The highest BCUT2D eigenvalue weighted by Crippen LogP contribution is 2.62. The molecule has 0 radical (unpaired) electrons. The average Bonchev–Trinajstić information content (AvgIpc) is 3.39. The number of aliphatic hydroxyl groups excluding tert-OH is 4. The van der Waals surface area contributed by atoms with Crippen LogP contribution in [0.25, 0.3) is 0 Å².